The molecule has 1 aromatic carbocycles. The summed E-state index contributed by atoms with van der Waals surface area (Å²) in [5.41, 5.74) is 2.23. The Hall–Kier alpha value is -2.56. The molecule has 0 spiro atoms. The van der Waals surface area contributed by atoms with Gasteiger partial charge in [0.25, 0.3) is 0 Å². The van der Waals surface area contributed by atoms with E-state index in [1.54, 1.807) is 7.11 Å². The number of methoxy groups -OCH3 is 1. The van der Waals surface area contributed by atoms with Crippen LogP contribution in [0.4, 0.5) is 5.82 Å². The molecule has 0 atom stereocenters. The maximum Gasteiger partial charge on any atom is 0.220 e. The zero-order valence-corrected chi connectivity index (χ0v) is 15.4. The molecule has 0 radical (unpaired) electrons. The van der Waals surface area contributed by atoms with Crippen molar-refractivity contribution in [1.82, 2.24) is 10.3 Å². The number of amides is 1. The van der Waals surface area contributed by atoms with Gasteiger partial charge in [0.05, 0.1) is 7.11 Å². The summed E-state index contributed by atoms with van der Waals surface area (Å²) in [4.78, 5) is 19.1. The van der Waals surface area contributed by atoms with E-state index < -0.39 is 0 Å². The van der Waals surface area contributed by atoms with Crippen molar-refractivity contribution in [3.63, 3.8) is 0 Å². The van der Waals surface area contributed by atoms with Gasteiger partial charge in [-0.2, -0.15) is 0 Å². The summed E-state index contributed by atoms with van der Waals surface area (Å²) in [7, 11) is 1.65. The Balaban J connectivity index is 1.51. The molecule has 1 saturated heterocycles. The van der Waals surface area contributed by atoms with Gasteiger partial charge in [0.2, 0.25) is 5.91 Å². The molecular weight excluding hydrogens is 326 g/mol. The van der Waals surface area contributed by atoms with Crippen molar-refractivity contribution in [3.8, 4) is 5.75 Å². The zero-order valence-electron chi connectivity index (χ0n) is 15.4. The van der Waals surface area contributed by atoms with Gasteiger partial charge >= 0.3 is 0 Å². The van der Waals surface area contributed by atoms with Crippen LogP contribution in [0.1, 0.15) is 36.8 Å². The number of hydrogen-bond acceptors (Lipinski definition) is 4. The molecule has 5 heteroatoms. The van der Waals surface area contributed by atoms with Crippen LogP contribution in [0.2, 0.25) is 0 Å². The van der Waals surface area contributed by atoms with E-state index in [1.165, 1.54) is 19.3 Å². The SMILES string of the molecule is COc1ccc(CCC(=O)NCc2cccnc2N2CCCCC2)cc1. The van der Waals surface area contributed by atoms with E-state index in [0.717, 1.165) is 42.2 Å². The lowest BCUT2D eigenvalue weighted by Gasteiger charge is -2.29. The van der Waals surface area contributed by atoms with Gasteiger partial charge < -0.3 is 15.0 Å². The fourth-order valence-corrected chi connectivity index (χ4v) is 3.29. The number of rotatable bonds is 7. The van der Waals surface area contributed by atoms with Gasteiger partial charge in [-0.25, -0.2) is 4.98 Å². The van der Waals surface area contributed by atoms with Crippen LogP contribution >= 0.6 is 0 Å². The van der Waals surface area contributed by atoms with Gasteiger partial charge in [-0.3, -0.25) is 4.79 Å². The molecule has 2 aromatic rings. The maximum absolute atomic E-state index is 12.2. The molecule has 1 fully saturated rings. The van der Waals surface area contributed by atoms with E-state index in [0.29, 0.717) is 13.0 Å². The van der Waals surface area contributed by atoms with Crippen LogP contribution in [-0.2, 0) is 17.8 Å². The largest absolute Gasteiger partial charge is 0.497 e. The fourth-order valence-electron chi connectivity index (χ4n) is 3.29. The van der Waals surface area contributed by atoms with Crippen LogP contribution in [0.3, 0.4) is 0 Å². The van der Waals surface area contributed by atoms with Gasteiger partial charge in [0.1, 0.15) is 11.6 Å². The highest BCUT2D eigenvalue weighted by molar-refractivity contribution is 5.76. The number of ether oxygens (including phenoxy) is 1. The van der Waals surface area contributed by atoms with Crippen LogP contribution in [0.25, 0.3) is 0 Å². The Labute approximate surface area is 155 Å². The Morgan fingerprint density at radius 3 is 2.65 bits per heavy atom. The number of benzene rings is 1. The quantitative estimate of drug-likeness (QED) is 0.830. The average molecular weight is 353 g/mol. The second kappa shape index (κ2) is 9.22. The van der Waals surface area contributed by atoms with Gasteiger partial charge in [-0.05, 0) is 49.4 Å². The summed E-state index contributed by atoms with van der Waals surface area (Å²) in [5.74, 6) is 1.91. The minimum Gasteiger partial charge on any atom is -0.497 e. The summed E-state index contributed by atoms with van der Waals surface area (Å²) < 4.78 is 5.15. The number of carbonyl (C=O) groups is 1. The van der Waals surface area contributed by atoms with E-state index in [9.17, 15) is 4.79 Å². The molecule has 3 rings (SSSR count). The van der Waals surface area contributed by atoms with E-state index in [-0.39, 0.29) is 5.91 Å². The monoisotopic (exact) mass is 353 g/mol. The first-order valence-electron chi connectivity index (χ1n) is 9.35. The van der Waals surface area contributed by atoms with Crippen LogP contribution in [0.15, 0.2) is 42.6 Å². The number of aromatic nitrogens is 1. The number of hydrogen-bond donors (Lipinski definition) is 1. The molecule has 5 nitrogen and oxygen atoms in total. The molecule has 1 aromatic heterocycles. The van der Waals surface area contributed by atoms with E-state index >= 15 is 0 Å². The Morgan fingerprint density at radius 2 is 1.92 bits per heavy atom. The molecule has 1 aliphatic heterocycles. The van der Waals surface area contributed by atoms with Crippen molar-refractivity contribution in [1.29, 1.82) is 0 Å². The van der Waals surface area contributed by atoms with Crippen molar-refractivity contribution in [2.75, 3.05) is 25.1 Å². The van der Waals surface area contributed by atoms with Gasteiger partial charge in [0, 0.05) is 37.8 Å². The summed E-state index contributed by atoms with van der Waals surface area (Å²) in [5, 5.41) is 3.04. The van der Waals surface area contributed by atoms with Gasteiger partial charge in [0.15, 0.2) is 0 Å². The van der Waals surface area contributed by atoms with Crippen LogP contribution in [-0.4, -0.2) is 31.1 Å². The predicted molar refractivity (Wildman–Crippen MR) is 103 cm³/mol. The number of nitrogens with zero attached hydrogens (tertiary/aromatic N) is 2. The lowest BCUT2D eigenvalue weighted by atomic mass is 10.1. The second-order valence-corrected chi connectivity index (χ2v) is 6.66. The Morgan fingerprint density at radius 1 is 1.15 bits per heavy atom. The average Bonchev–Trinajstić information content (AvgIpc) is 2.72. The predicted octanol–water partition coefficient (Wildman–Crippen LogP) is 3.33. The van der Waals surface area contributed by atoms with Crippen LogP contribution in [0, 0.1) is 0 Å². The standard InChI is InChI=1S/C21H27N3O2/c1-26-19-10-7-17(8-11-19)9-12-20(25)23-16-18-6-5-13-22-21(18)24-14-3-2-4-15-24/h5-8,10-11,13H,2-4,9,12,14-16H2,1H3,(H,23,25). The van der Waals surface area contributed by atoms with Crippen molar-refractivity contribution >= 4 is 11.7 Å². The maximum atomic E-state index is 12.2. The highest BCUT2D eigenvalue weighted by Gasteiger charge is 2.15. The first-order chi connectivity index (χ1) is 12.8. The number of pyridine rings is 1. The molecule has 0 aliphatic carbocycles. The lowest BCUT2D eigenvalue weighted by molar-refractivity contribution is -0.121. The highest BCUT2D eigenvalue weighted by atomic mass is 16.5. The molecule has 138 valence electrons. The van der Waals surface area contributed by atoms with Crippen molar-refractivity contribution < 1.29 is 9.53 Å². The van der Waals surface area contributed by atoms with Crippen LogP contribution in [0.5, 0.6) is 5.75 Å². The minimum atomic E-state index is 0.0641. The molecular formula is C21H27N3O2. The van der Waals surface area contributed by atoms with Crippen molar-refractivity contribution in [2.24, 2.45) is 0 Å². The summed E-state index contributed by atoms with van der Waals surface area (Å²) in [6, 6.07) is 11.8. The van der Waals surface area contributed by atoms with E-state index in [4.69, 9.17) is 4.74 Å². The van der Waals surface area contributed by atoms with E-state index in [1.807, 2.05) is 36.5 Å². The summed E-state index contributed by atoms with van der Waals surface area (Å²) >= 11 is 0. The molecule has 0 saturated carbocycles. The number of carbonyl (C=O) groups excluding carboxylic acids is 1. The first-order valence-corrected chi connectivity index (χ1v) is 9.35. The Bertz CT molecular complexity index is 709. The number of nitrogens with one attached hydrogen (secondary N) is 1. The van der Waals surface area contributed by atoms with Crippen molar-refractivity contribution in [3.05, 3.63) is 53.7 Å². The fraction of sp³-hybridized carbons (Fsp3) is 0.429. The number of anilines is 1. The lowest BCUT2D eigenvalue weighted by Crippen LogP contribution is -2.32. The molecule has 0 unspecified atom stereocenters. The number of aryl methyl sites for hydroxylation is 1. The number of piperidine rings is 1. The smallest absolute Gasteiger partial charge is 0.220 e. The molecule has 1 N–H and O–H groups in total. The Kier molecular flexibility index (Phi) is 6.47. The summed E-state index contributed by atoms with van der Waals surface area (Å²) in [6.07, 6.45) is 6.75. The molecule has 0 bridgehead atoms. The third-order valence-corrected chi connectivity index (χ3v) is 4.80. The summed E-state index contributed by atoms with van der Waals surface area (Å²) in [6.45, 7) is 2.63. The molecule has 2 heterocycles. The highest BCUT2D eigenvalue weighted by Crippen LogP contribution is 2.21. The van der Waals surface area contributed by atoms with Crippen LogP contribution < -0.4 is 15.0 Å². The first kappa shape index (κ1) is 18.2. The zero-order chi connectivity index (χ0) is 18.2. The third kappa shape index (κ3) is 4.97. The second-order valence-electron chi connectivity index (χ2n) is 6.66. The van der Waals surface area contributed by atoms with Crippen molar-refractivity contribution in [2.45, 2.75) is 38.6 Å². The molecule has 26 heavy (non-hydrogen) atoms. The topological polar surface area (TPSA) is 54.5 Å². The molecule has 1 aliphatic rings. The normalized spacial score (nSPS) is 14.1. The minimum absolute atomic E-state index is 0.0641. The van der Waals surface area contributed by atoms with E-state index in [2.05, 4.69) is 21.3 Å². The van der Waals surface area contributed by atoms with Gasteiger partial charge in [-0.15, -0.1) is 0 Å². The molecule has 1 amide bonds. The third-order valence-electron chi connectivity index (χ3n) is 4.80. The van der Waals surface area contributed by atoms with Gasteiger partial charge in [-0.1, -0.05) is 18.2 Å².